The molecule has 0 radical (unpaired) electrons. The number of carboxylic acid groups (broad SMARTS) is 1. The van der Waals surface area contributed by atoms with E-state index >= 15 is 4.79 Å². The number of oxazole rings is 1. The van der Waals surface area contributed by atoms with Crippen molar-refractivity contribution in [2.45, 2.75) is 49.0 Å². The quantitative estimate of drug-likeness (QED) is 0.199. The summed E-state index contributed by atoms with van der Waals surface area (Å²) < 4.78 is 78.9. The van der Waals surface area contributed by atoms with E-state index in [2.05, 4.69) is 10.3 Å². The van der Waals surface area contributed by atoms with Crippen LogP contribution in [0.25, 0.3) is 0 Å². The average molecular weight is 751 g/mol. The Morgan fingerprint density at radius 3 is 2.43 bits per heavy atom. The van der Waals surface area contributed by atoms with Gasteiger partial charge in [-0.05, 0) is 67.4 Å². The number of carbonyl (C=O) groups excluding carboxylic acids is 1. The van der Waals surface area contributed by atoms with Crippen molar-refractivity contribution in [2.75, 3.05) is 31.6 Å². The monoisotopic (exact) mass is 750 g/mol. The standard InChI is InChI=1S/C32H33ClN4O6S.C2HF3O2/c1-4-34-20-21-11-14-27(41-2)24(18-21)32(36-16-7-8-26(36)30-35-15-17-43-30)23-19-22(33)12-13-25(23)37(31(32)38)44(39,40)29-10-6-5-9-28(29)42-3;3-2(4,5)1(6)7/h5-6,9-15,17-19,26,34H,4,7-8,16,20H2,1-3H3;(H,6,7)/t26-,32?;/m0./s1. The van der Waals surface area contributed by atoms with Crippen LogP contribution < -0.4 is 19.1 Å². The molecule has 1 unspecified atom stereocenters. The third-order valence-electron chi connectivity index (χ3n) is 8.54. The maximum atomic E-state index is 15.4. The van der Waals surface area contributed by atoms with Crippen LogP contribution in [0.4, 0.5) is 18.9 Å². The lowest BCUT2D eigenvalue weighted by Gasteiger charge is -2.41. The van der Waals surface area contributed by atoms with E-state index in [0.717, 1.165) is 22.8 Å². The lowest BCUT2D eigenvalue weighted by molar-refractivity contribution is -0.192. The second kappa shape index (κ2) is 14.9. The third-order valence-corrected chi connectivity index (χ3v) is 10.5. The Labute approximate surface area is 296 Å². The first-order valence-electron chi connectivity index (χ1n) is 15.6. The number of benzene rings is 3. The third kappa shape index (κ3) is 6.88. The summed E-state index contributed by atoms with van der Waals surface area (Å²) in [5.41, 5.74) is 0.350. The molecule has 6 rings (SSSR count). The summed E-state index contributed by atoms with van der Waals surface area (Å²) in [6.07, 6.45) is -0.660. The molecule has 0 bridgehead atoms. The highest BCUT2D eigenvalue weighted by atomic mass is 35.5. The number of aromatic nitrogens is 1. The van der Waals surface area contributed by atoms with Crippen molar-refractivity contribution < 1.29 is 50.2 Å². The fraction of sp³-hybridized carbons (Fsp3) is 0.324. The van der Waals surface area contributed by atoms with E-state index in [4.69, 9.17) is 35.4 Å². The van der Waals surface area contributed by atoms with Crippen LogP contribution in [-0.2, 0) is 31.7 Å². The van der Waals surface area contributed by atoms with Crippen molar-refractivity contribution in [3.63, 3.8) is 0 Å². The molecule has 0 aliphatic carbocycles. The number of aliphatic carboxylic acids is 1. The molecule has 2 atom stereocenters. The molecule has 0 saturated carbocycles. The molecule has 0 spiro atoms. The van der Waals surface area contributed by atoms with Gasteiger partial charge in [0.2, 0.25) is 5.89 Å². The number of methoxy groups -OCH3 is 2. The van der Waals surface area contributed by atoms with Crippen LogP contribution >= 0.6 is 11.6 Å². The molecule has 17 heteroatoms. The number of amides is 1. The van der Waals surface area contributed by atoms with Crippen LogP contribution in [-0.4, -0.2) is 68.8 Å². The minimum absolute atomic E-state index is 0.123. The molecule has 1 fully saturated rings. The number of ether oxygens (including phenoxy) is 2. The number of alkyl halides is 3. The van der Waals surface area contributed by atoms with Gasteiger partial charge in [0.25, 0.3) is 15.9 Å². The van der Waals surface area contributed by atoms with Crippen molar-refractivity contribution in [2.24, 2.45) is 0 Å². The van der Waals surface area contributed by atoms with Crippen LogP contribution in [0.2, 0.25) is 5.02 Å². The minimum atomic E-state index is -5.08. The molecule has 2 N–H and O–H groups in total. The molecule has 272 valence electrons. The number of fused-ring (bicyclic) bond motifs is 1. The topological polar surface area (TPSA) is 152 Å². The van der Waals surface area contributed by atoms with E-state index in [9.17, 15) is 21.6 Å². The Morgan fingerprint density at radius 2 is 1.80 bits per heavy atom. The molecular formula is C34H34ClF3N4O8S. The zero-order valence-electron chi connectivity index (χ0n) is 27.6. The number of anilines is 1. The molecule has 12 nitrogen and oxygen atoms in total. The van der Waals surface area contributed by atoms with Crippen molar-refractivity contribution in [1.29, 1.82) is 0 Å². The number of hydrogen-bond acceptors (Lipinski definition) is 10. The zero-order valence-corrected chi connectivity index (χ0v) is 29.2. The number of carboxylic acids is 1. The Bertz CT molecular complexity index is 2010. The summed E-state index contributed by atoms with van der Waals surface area (Å²) in [6, 6.07) is 16.3. The van der Waals surface area contributed by atoms with Gasteiger partial charge in [0, 0.05) is 29.2 Å². The van der Waals surface area contributed by atoms with E-state index in [1.54, 1.807) is 42.6 Å². The van der Waals surface area contributed by atoms with Crippen molar-refractivity contribution in [1.82, 2.24) is 15.2 Å². The second-order valence-electron chi connectivity index (χ2n) is 11.4. The first-order chi connectivity index (χ1) is 24.2. The number of nitrogens with zero attached hydrogens (tertiary/aromatic N) is 3. The van der Waals surface area contributed by atoms with Gasteiger partial charge in [-0.2, -0.15) is 13.2 Å². The van der Waals surface area contributed by atoms with Crippen molar-refractivity contribution >= 4 is 39.2 Å². The maximum Gasteiger partial charge on any atom is 0.490 e. The summed E-state index contributed by atoms with van der Waals surface area (Å²) in [4.78, 5) is 30.6. The van der Waals surface area contributed by atoms with Gasteiger partial charge in [-0.3, -0.25) is 9.69 Å². The average Bonchev–Trinajstić information content (AvgIpc) is 3.86. The van der Waals surface area contributed by atoms with Gasteiger partial charge >= 0.3 is 12.1 Å². The molecule has 1 amide bonds. The highest BCUT2D eigenvalue weighted by molar-refractivity contribution is 7.93. The van der Waals surface area contributed by atoms with Crippen LogP contribution in [0, 0.1) is 0 Å². The number of halogens is 4. The Hall–Kier alpha value is -4.64. The molecule has 2 aliphatic rings. The normalized spacial score (nSPS) is 19.0. The van der Waals surface area contributed by atoms with Gasteiger partial charge in [-0.15, -0.1) is 0 Å². The van der Waals surface area contributed by atoms with E-state index in [1.807, 2.05) is 30.0 Å². The lowest BCUT2D eigenvalue weighted by Crippen LogP contribution is -2.54. The Kier molecular flexibility index (Phi) is 11.0. The fourth-order valence-corrected chi connectivity index (χ4v) is 8.24. The largest absolute Gasteiger partial charge is 0.496 e. The summed E-state index contributed by atoms with van der Waals surface area (Å²) in [6.45, 7) is 3.74. The van der Waals surface area contributed by atoms with E-state index in [-0.39, 0.29) is 16.3 Å². The highest BCUT2D eigenvalue weighted by Gasteiger charge is 2.63. The van der Waals surface area contributed by atoms with Gasteiger partial charge in [0.15, 0.2) is 5.54 Å². The number of nitrogens with one attached hydrogen (secondary N) is 1. The van der Waals surface area contributed by atoms with Gasteiger partial charge in [0.1, 0.15) is 22.7 Å². The van der Waals surface area contributed by atoms with Crippen molar-refractivity contribution in [3.05, 3.63) is 101 Å². The zero-order chi connectivity index (χ0) is 37.1. The predicted molar refractivity (Wildman–Crippen MR) is 179 cm³/mol. The van der Waals surface area contributed by atoms with Gasteiger partial charge in [-0.25, -0.2) is 22.5 Å². The summed E-state index contributed by atoms with van der Waals surface area (Å²) in [5, 5.41) is 10.8. The number of hydrogen-bond donors (Lipinski definition) is 2. The number of sulfonamides is 1. The Balaban J connectivity index is 0.000000654. The maximum absolute atomic E-state index is 15.4. The molecule has 1 saturated heterocycles. The first-order valence-corrected chi connectivity index (χ1v) is 17.4. The molecule has 3 heterocycles. The minimum Gasteiger partial charge on any atom is -0.496 e. The molecule has 51 heavy (non-hydrogen) atoms. The lowest BCUT2D eigenvalue weighted by atomic mass is 9.80. The smallest absolute Gasteiger partial charge is 0.490 e. The van der Waals surface area contributed by atoms with Crippen LogP contribution in [0.5, 0.6) is 11.5 Å². The molecule has 4 aromatic rings. The molecule has 1 aromatic heterocycles. The van der Waals surface area contributed by atoms with E-state index < -0.39 is 39.7 Å². The van der Waals surface area contributed by atoms with Crippen LogP contribution in [0.3, 0.4) is 0 Å². The number of rotatable bonds is 10. The van der Waals surface area contributed by atoms with Crippen LogP contribution in [0.15, 0.2) is 82.4 Å². The second-order valence-corrected chi connectivity index (χ2v) is 13.6. The number of carbonyl (C=O) groups is 2. The first kappa shape index (κ1) is 37.6. The van der Waals surface area contributed by atoms with E-state index in [0.29, 0.717) is 47.3 Å². The number of likely N-dealkylation sites (tertiary alicyclic amines) is 1. The molecule has 2 aliphatic heterocycles. The summed E-state index contributed by atoms with van der Waals surface area (Å²) in [5.74, 6) is -2.45. The van der Waals surface area contributed by atoms with Gasteiger partial charge in [-0.1, -0.05) is 36.7 Å². The Morgan fingerprint density at radius 1 is 1.10 bits per heavy atom. The fourth-order valence-electron chi connectivity index (χ4n) is 6.45. The molecule has 3 aromatic carbocycles. The van der Waals surface area contributed by atoms with Crippen molar-refractivity contribution in [3.8, 4) is 11.5 Å². The molecular weight excluding hydrogens is 717 g/mol. The van der Waals surface area contributed by atoms with E-state index in [1.165, 1.54) is 26.5 Å². The van der Waals surface area contributed by atoms with Gasteiger partial charge < -0.3 is 24.3 Å². The van der Waals surface area contributed by atoms with Crippen LogP contribution in [0.1, 0.15) is 48.4 Å². The summed E-state index contributed by atoms with van der Waals surface area (Å²) in [7, 11) is -1.56. The highest BCUT2D eigenvalue weighted by Crippen LogP contribution is 2.57. The summed E-state index contributed by atoms with van der Waals surface area (Å²) >= 11 is 6.64. The predicted octanol–water partition coefficient (Wildman–Crippen LogP) is 5.90. The van der Waals surface area contributed by atoms with Gasteiger partial charge in [0.05, 0.1) is 32.1 Å². The number of para-hydroxylation sites is 1. The SMILES string of the molecule is CCNCc1ccc(OC)c(C2(N3CCC[C@H]3c3ncco3)C(=O)N(S(=O)(=O)c3ccccc3OC)c3ccc(Cl)cc32)c1.O=C(O)C(F)(F)F.